The molecule has 1 fully saturated rings. The maximum absolute atomic E-state index is 13.0. The van der Waals surface area contributed by atoms with Gasteiger partial charge in [0.25, 0.3) is 5.91 Å². The van der Waals surface area contributed by atoms with Crippen LogP contribution in [-0.2, 0) is 11.3 Å². The summed E-state index contributed by atoms with van der Waals surface area (Å²) < 4.78 is 10.7. The lowest BCUT2D eigenvalue weighted by atomic mass is 10.2. The maximum atomic E-state index is 13.0. The van der Waals surface area contributed by atoms with E-state index >= 15 is 0 Å². The summed E-state index contributed by atoms with van der Waals surface area (Å²) in [4.78, 5) is 36.3. The summed E-state index contributed by atoms with van der Waals surface area (Å²) in [5.41, 5.74) is 2.01. The maximum Gasteiger partial charge on any atom is 0.410 e. The normalized spacial score (nSPS) is 13.9. The van der Waals surface area contributed by atoms with Crippen molar-refractivity contribution < 1.29 is 24.2 Å². The molecule has 186 valence electrons. The van der Waals surface area contributed by atoms with E-state index in [0.29, 0.717) is 48.0 Å². The number of aromatic hydroxyl groups is 1. The first-order chi connectivity index (χ1) is 17.3. The van der Waals surface area contributed by atoms with E-state index in [0.717, 1.165) is 16.7 Å². The van der Waals surface area contributed by atoms with Crippen molar-refractivity contribution in [2.24, 2.45) is 0 Å². The molecule has 1 aliphatic rings. The Labute approximate surface area is 216 Å². The Balaban J connectivity index is 1.18. The van der Waals surface area contributed by atoms with Crippen LogP contribution in [0.2, 0.25) is 10.0 Å². The van der Waals surface area contributed by atoms with Crippen LogP contribution in [0.25, 0.3) is 21.8 Å². The Kier molecular flexibility index (Phi) is 6.51. The van der Waals surface area contributed by atoms with Crippen molar-refractivity contribution in [3.05, 3.63) is 63.9 Å². The number of halogens is 2. The number of nitrogens with one attached hydrogen (secondary N) is 1. The molecule has 3 heterocycles. The van der Waals surface area contributed by atoms with Crippen LogP contribution >= 0.6 is 23.2 Å². The number of phenolic OH excluding ortho intramolecular Hbond substituents is 1. The first-order valence-electron chi connectivity index (χ1n) is 11.2. The number of hydrogen-bond acceptors (Lipinski definition) is 6. The molecule has 0 saturated carbocycles. The van der Waals surface area contributed by atoms with Crippen molar-refractivity contribution in [2.75, 3.05) is 33.3 Å². The summed E-state index contributed by atoms with van der Waals surface area (Å²) in [5.74, 6) is 0.408. The first kappa shape index (κ1) is 24.0. The third kappa shape index (κ3) is 4.59. The molecular formula is C25H22Cl2N4O5. The Morgan fingerprint density at radius 3 is 2.53 bits per heavy atom. The highest BCUT2D eigenvalue weighted by Gasteiger charge is 2.26. The molecule has 0 aliphatic carbocycles. The van der Waals surface area contributed by atoms with Crippen molar-refractivity contribution >= 4 is 57.0 Å². The van der Waals surface area contributed by atoms with Gasteiger partial charge in [-0.15, -0.1) is 0 Å². The van der Waals surface area contributed by atoms with Crippen LogP contribution < -0.4 is 4.74 Å². The highest BCUT2D eigenvalue weighted by molar-refractivity contribution is 6.39. The number of phenols is 1. The van der Waals surface area contributed by atoms with Gasteiger partial charge in [-0.2, -0.15) is 0 Å². The SMILES string of the molecule is COc1ccc2[nH]c(C(=O)N3CCN(C(=O)OCc4ccc5c(Cl)cc(Cl)c(O)c5n4)CC3)cc2c1. The van der Waals surface area contributed by atoms with Gasteiger partial charge < -0.3 is 29.4 Å². The second-order valence-corrected chi connectivity index (χ2v) is 9.17. The average Bonchev–Trinajstić information content (AvgIpc) is 3.33. The molecule has 2 aromatic heterocycles. The van der Waals surface area contributed by atoms with Crippen LogP contribution in [0.5, 0.6) is 11.5 Å². The fourth-order valence-electron chi connectivity index (χ4n) is 4.17. The minimum atomic E-state index is -0.505. The Bertz CT molecular complexity index is 1480. The molecule has 11 heteroatoms. The Morgan fingerprint density at radius 2 is 1.78 bits per heavy atom. The number of piperazine rings is 1. The smallest absolute Gasteiger partial charge is 0.410 e. The molecule has 2 N–H and O–H groups in total. The lowest BCUT2D eigenvalue weighted by Gasteiger charge is -2.33. The van der Waals surface area contributed by atoms with Gasteiger partial charge in [0.2, 0.25) is 0 Å². The lowest BCUT2D eigenvalue weighted by molar-refractivity contribution is 0.0538. The fourth-order valence-corrected chi connectivity index (χ4v) is 4.68. The summed E-state index contributed by atoms with van der Waals surface area (Å²) in [6.45, 7) is 1.36. The number of H-pyrrole nitrogens is 1. The van der Waals surface area contributed by atoms with Gasteiger partial charge in [0, 0.05) is 42.5 Å². The predicted molar refractivity (Wildman–Crippen MR) is 136 cm³/mol. The van der Waals surface area contributed by atoms with Crippen molar-refractivity contribution in [2.45, 2.75) is 6.61 Å². The molecule has 2 aromatic carbocycles. The minimum absolute atomic E-state index is 0.0873. The predicted octanol–water partition coefficient (Wildman–Crippen LogP) is 4.83. The van der Waals surface area contributed by atoms with Gasteiger partial charge in [-0.1, -0.05) is 23.2 Å². The number of fused-ring (bicyclic) bond motifs is 2. The lowest BCUT2D eigenvalue weighted by Crippen LogP contribution is -2.50. The topological polar surface area (TPSA) is 108 Å². The molecule has 0 unspecified atom stereocenters. The van der Waals surface area contributed by atoms with Crippen molar-refractivity contribution in [1.29, 1.82) is 0 Å². The number of aromatic amines is 1. The van der Waals surface area contributed by atoms with Gasteiger partial charge in [0.15, 0.2) is 5.75 Å². The molecule has 1 aliphatic heterocycles. The summed E-state index contributed by atoms with van der Waals surface area (Å²) >= 11 is 12.1. The van der Waals surface area contributed by atoms with Crippen molar-refractivity contribution in [3.8, 4) is 11.5 Å². The number of amides is 2. The molecule has 0 spiro atoms. The largest absolute Gasteiger partial charge is 0.504 e. The number of hydrogen-bond donors (Lipinski definition) is 2. The molecule has 4 aromatic rings. The van der Waals surface area contributed by atoms with Crippen molar-refractivity contribution in [1.82, 2.24) is 19.8 Å². The summed E-state index contributed by atoms with van der Waals surface area (Å²) in [5, 5.41) is 12.1. The molecule has 5 rings (SSSR count). The van der Waals surface area contributed by atoms with Crippen LogP contribution in [0.15, 0.2) is 42.5 Å². The Hall–Kier alpha value is -3.69. The number of benzene rings is 2. The molecule has 36 heavy (non-hydrogen) atoms. The van der Waals surface area contributed by atoms with Crippen LogP contribution in [0.3, 0.4) is 0 Å². The van der Waals surface area contributed by atoms with E-state index < -0.39 is 6.09 Å². The molecule has 0 radical (unpaired) electrons. The van der Waals surface area contributed by atoms with Gasteiger partial charge in [-0.25, -0.2) is 9.78 Å². The Morgan fingerprint density at radius 1 is 1.03 bits per heavy atom. The van der Waals surface area contributed by atoms with E-state index in [9.17, 15) is 14.7 Å². The standard InChI is InChI=1S/C25H22Cl2N4O5/c1-35-16-3-5-20-14(10-16)11-21(29-20)24(33)30-6-8-31(9-7-30)25(34)36-13-15-2-4-17-18(26)12-19(27)23(32)22(17)28-15/h2-5,10-12,29,32H,6-9,13H2,1H3. The molecule has 0 atom stereocenters. The number of methoxy groups -OCH3 is 1. The van der Waals surface area contributed by atoms with E-state index in [1.807, 2.05) is 18.2 Å². The van der Waals surface area contributed by atoms with E-state index in [1.165, 1.54) is 6.07 Å². The zero-order valence-corrected chi connectivity index (χ0v) is 20.8. The number of aromatic nitrogens is 2. The third-order valence-corrected chi connectivity index (χ3v) is 6.74. The number of nitrogens with zero attached hydrogens (tertiary/aromatic N) is 3. The van der Waals surface area contributed by atoms with Crippen LogP contribution in [-0.4, -0.2) is 70.2 Å². The third-order valence-electron chi connectivity index (χ3n) is 6.14. The van der Waals surface area contributed by atoms with Gasteiger partial charge in [-0.3, -0.25) is 4.79 Å². The van der Waals surface area contributed by atoms with E-state index in [4.69, 9.17) is 32.7 Å². The quantitative estimate of drug-likeness (QED) is 0.392. The summed E-state index contributed by atoms with van der Waals surface area (Å²) in [7, 11) is 1.60. The highest BCUT2D eigenvalue weighted by Crippen LogP contribution is 2.36. The molecule has 9 nitrogen and oxygen atoms in total. The second kappa shape index (κ2) is 9.75. The zero-order chi connectivity index (χ0) is 25.4. The number of rotatable bonds is 4. The van der Waals surface area contributed by atoms with Gasteiger partial charge in [-0.05, 0) is 42.5 Å². The number of ether oxygens (including phenoxy) is 2. The van der Waals surface area contributed by atoms with Crippen LogP contribution in [0.4, 0.5) is 4.79 Å². The monoisotopic (exact) mass is 528 g/mol. The zero-order valence-electron chi connectivity index (χ0n) is 19.3. The average molecular weight is 529 g/mol. The van der Waals surface area contributed by atoms with Crippen LogP contribution in [0, 0.1) is 0 Å². The minimum Gasteiger partial charge on any atom is -0.504 e. The molecule has 1 saturated heterocycles. The fraction of sp³-hybridized carbons (Fsp3) is 0.240. The number of pyridine rings is 1. The van der Waals surface area contributed by atoms with E-state index in [1.54, 1.807) is 35.1 Å². The van der Waals surface area contributed by atoms with Gasteiger partial charge in [0.1, 0.15) is 23.6 Å². The molecular weight excluding hydrogens is 507 g/mol. The van der Waals surface area contributed by atoms with Gasteiger partial charge >= 0.3 is 6.09 Å². The van der Waals surface area contributed by atoms with E-state index in [-0.39, 0.29) is 28.8 Å². The number of carbonyl (C=O) groups excluding carboxylic acids is 2. The summed E-state index contributed by atoms with van der Waals surface area (Å²) in [6.07, 6.45) is -0.505. The molecule has 2 amide bonds. The summed E-state index contributed by atoms with van der Waals surface area (Å²) in [6, 6.07) is 12.2. The first-order valence-corrected chi connectivity index (χ1v) is 11.9. The molecule has 0 bridgehead atoms. The van der Waals surface area contributed by atoms with E-state index in [2.05, 4.69) is 9.97 Å². The van der Waals surface area contributed by atoms with Crippen molar-refractivity contribution in [3.63, 3.8) is 0 Å². The van der Waals surface area contributed by atoms with Gasteiger partial charge in [0.05, 0.1) is 22.8 Å². The van der Waals surface area contributed by atoms with Crippen LogP contribution in [0.1, 0.15) is 16.2 Å². The highest BCUT2D eigenvalue weighted by atomic mass is 35.5. The second-order valence-electron chi connectivity index (χ2n) is 8.36. The number of carbonyl (C=O) groups is 2.